The molecular formula is C20H19FN2O2. The highest BCUT2D eigenvalue weighted by molar-refractivity contribution is 6.06. The first-order valence-corrected chi connectivity index (χ1v) is 8.22. The number of benzene rings is 2. The van der Waals surface area contributed by atoms with Gasteiger partial charge in [0.2, 0.25) is 5.43 Å². The first-order valence-electron chi connectivity index (χ1n) is 8.22. The Morgan fingerprint density at radius 3 is 2.76 bits per heavy atom. The number of aryl methyl sites for hydroxylation is 2. The zero-order valence-electron chi connectivity index (χ0n) is 14.2. The normalized spacial score (nSPS) is 10.8. The largest absolute Gasteiger partial charge is 0.360 e. The second-order valence-corrected chi connectivity index (χ2v) is 6.04. The maximum absolute atomic E-state index is 13.6. The zero-order valence-corrected chi connectivity index (χ0v) is 14.2. The van der Waals surface area contributed by atoms with Crippen molar-refractivity contribution >= 4 is 22.5 Å². The summed E-state index contributed by atoms with van der Waals surface area (Å²) in [5, 5.41) is 2.97. The number of hydrogen-bond acceptors (Lipinski definition) is 2. The molecule has 5 heteroatoms. The third-order valence-electron chi connectivity index (χ3n) is 4.18. The van der Waals surface area contributed by atoms with Gasteiger partial charge in [0.1, 0.15) is 11.4 Å². The molecule has 0 aliphatic rings. The van der Waals surface area contributed by atoms with E-state index in [4.69, 9.17) is 0 Å². The van der Waals surface area contributed by atoms with E-state index in [0.29, 0.717) is 16.8 Å². The molecule has 0 atom stereocenters. The van der Waals surface area contributed by atoms with Crippen LogP contribution >= 0.6 is 0 Å². The van der Waals surface area contributed by atoms with Crippen LogP contribution in [0.2, 0.25) is 0 Å². The smallest absolute Gasteiger partial charge is 0.261 e. The summed E-state index contributed by atoms with van der Waals surface area (Å²) in [5.74, 6) is -1.00. The summed E-state index contributed by atoms with van der Waals surface area (Å²) >= 11 is 0. The number of aromatic amines is 1. The maximum atomic E-state index is 13.6. The number of aromatic nitrogens is 1. The fraction of sp³-hybridized carbons (Fsp3) is 0.200. The van der Waals surface area contributed by atoms with E-state index in [2.05, 4.69) is 17.2 Å². The minimum absolute atomic E-state index is 0.0381. The summed E-state index contributed by atoms with van der Waals surface area (Å²) < 4.78 is 13.6. The highest BCUT2D eigenvalue weighted by Crippen LogP contribution is 2.19. The summed E-state index contributed by atoms with van der Waals surface area (Å²) in [6.07, 6.45) is 3.16. The van der Waals surface area contributed by atoms with Crippen molar-refractivity contribution in [1.82, 2.24) is 4.98 Å². The Bertz CT molecular complexity index is 1010. The molecule has 0 radical (unpaired) electrons. The number of carbonyl (C=O) groups is 1. The van der Waals surface area contributed by atoms with E-state index in [1.807, 2.05) is 24.3 Å². The number of fused-ring (bicyclic) bond motifs is 1. The number of para-hydroxylation sites is 1. The van der Waals surface area contributed by atoms with Crippen LogP contribution in [0.3, 0.4) is 0 Å². The van der Waals surface area contributed by atoms with Crippen LogP contribution in [0.5, 0.6) is 0 Å². The monoisotopic (exact) mass is 338 g/mol. The Balaban J connectivity index is 2.01. The van der Waals surface area contributed by atoms with Gasteiger partial charge in [-0.3, -0.25) is 9.59 Å². The Morgan fingerprint density at radius 2 is 2.00 bits per heavy atom. The molecule has 0 saturated carbocycles. The molecule has 0 unspecified atom stereocenters. The lowest BCUT2D eigenvalue weighted by Crippen LogP contribution is -2.22. The van der Waals surface area contributed by atoms with Gasteiger partial charge < -0.3 is 10.3 Å². The number of carbonyl (C=O) groups excluding carboxylic acids is 1. The highest BCUT2D eigenvalue weighted by Gasteiger charge is 2.16. The second kappa shape index (κ2) is 6.89. The third-order valence-corrected chi connectivity index (χ3v) is 4.18. The molecule has 0 spiro atoms. The quantitative estimate of drug-likeness (QED) is 0.749. The minimum Gasteiger partial charge on any atom is -0.360 e. The lowest BCUT2D eigenvalue weighted by molar-refractivity contribution is 0.102. The van der Waals surface area contributed by atoms with Gasteiger partial charge in [0.05, 0.1) is 5.52 Å². The topological polar surface area (TPSA) is 62.0 Å². The average Bonchev–Trinajstić information content (AvgIpc) is 2.57. The van der Waals surface area contributed by atoms with Gasteiger partial charge >= 0.3 is 0 Å². The van der Waals surface area contributed by atoms with Crippen molar-refractivity contribution in [3.63, 3.8) is 0 Å². The van der Waals surface area contributed by atoms with Gasteiger partial charge in [0, 0.05) is 17.3 Å². The molecule has 0 aliphatic carbocycles. The van der Waals surface area contributed by atoms with Crippen molar-refractivity contribution in [1.29, 1.82) is 0 Å². The molecule has 1 heterocycles. The summed E-state index contributed by atoms with van der Waals surface area (Å²) in [6, 6.07) is 10.00. The first kappa shape index (κ1) is 16.9. The molecule has 0 saturated heterocycles. The SMILES string of the molecule is CCCc1ccccc1NC(=O)c1c[nH]c2c(C)cc(F)cc2c1=O. The van der Waals surface area contributed by atoms with E-state index < -0.39 is 17.2 Å². The van der Waals surface area contributed by atoms with Gasteiger partial charge in [0.25, 0.3) is 5.91 Å². The van der Waals surface area contributed by atoms with Crippen LogP contribution in [-0.4, -0.2) is 10.9 Å². The number of hydrogen-bond donors (Lipinski definition) is 2. The van der Waals surface area contributed by atoms with Crippen LogP contribution in [0, 0.1) is 12.7 Å². The fourth-order valence-corrected chi connectivity index (χ4v) is 2.96. The Morgan fingerprint density at radius 1 is 1.24 bits per heavy atom. The summed E-state index contributed by atoms with van der Waals surface area (Å²) in [4.78, 5) is 28.1. The van der Waals surface area contributed by atoms with E-state index in [9.17, 15) is 14.0 Å². The number of anilines is 1. The molecule has 4 nitrogen and oxygen atoms in total. The van der Waals surface area contributed by atoms with Gasteiger partial charge in [-0.25, -0.2) is 4.39 Å². The van der Waals surface area contributed by atoms with Crippen molar-refractivity contribution in [3.05, 3.63) is 75.3 Å². The molecule has 3 rings (SSSR count). The Hall–Kier alpha value is -2.95. The van der Waals surface area contributed by atoms with Crippen molar-refractivity contribution in [2.24, 2.45) is 0 Å². The van der Waals surface area contributed by atoms with Crippen LogP contribution in [0.15, 0.2) is 47.4 Å². The first-order chi connectivity index (χ1) is 12.0. The van der Waals surface area contributed by atoms with E-state index >= 15 is 0 Å². The lowest BCUT2D eigenvalue weighted by Gasteiger charge is -2.11. The summed E-state index contributed by atoms with van der Waals surface area (Å²) in [7, 11) is 0. The van der Waals surface area contributed by atoms with E-state index in [1.165, 1.54) is 12.3 Å². The van der Waals surface area contributed by atoms with Crippen LogP contribution in [0.4, 0.5) is 10.1 Å². The van der Waals surface area contributed by atoms with Crippen LogP contribution < -0.4 is 10.7 Å². The highest BCUT2D eigenvalue weighted by atomic mass is 19.1. The maximum Gasteiger partial charge on any atom is 0.261 e. The molecule has 0 fully saturated rings. The molecule has 1 aromatic heterocycles. The van der Waals surface area contributed by atoms with Gasteiger partial charge in [0.15, 0.2) is 0 Å². The molecule has 1 amide bonds. The van der Waals surface area contributed by atoms with Gasteiger partial charge in [-0.05, 0) is 42.7 Å². The molecule has 2 aromatic carbocycles. The van der Waals surface area contributed by atoms with E-state index in [1.54, 1.807) is 6.92 Å². The Labute approximate surface area is 144 Å². The molecular weight excluding hydrogens is 319 g/mol. The molecule has 2 N–H and O–H groups in total. The van der Waals surface area contributed by atoms with Gasteiger partial charge in [-0.15, -0.1) is 0 Å². The Kier molecular flexibility index (Phi) is 4.65. The van der Waals surface area contributed by atoms with E-state index in [-0.39, 0.29) is 10.9 Å². The van der Waals surface area contributed by atoms with Crippen LogP contribution in [0.25, 0.3) is 10.9 Å². The third kappa shape index (κ3) is 3.31. The fourth-order valence-electron chi connectivity index (χ4n) is 2.96. The number of halogens is 1. The molecule has 25 heavy (non-hydrogen) atoms. The van der Waals surface area contributed by atoms with Crippen molar-refractivity contribution in [2.75, 3.05) is 5.32 Å². The molecule has 3 aromatic rings. The summed E-state index contributed by atoms with van der Waals surface area (Å²) in [5.41, 5.74) is 2.33. The minimum atomic E-state index is -0.506. The van der Waals surface area contributed by atoms with Gasteiger partial charge in [-0.2, -0.15) is 0 Å². The molecule has 0 bridgehead atoms. The van der Waals surface area contributed by atoms with E-state index in [0.717, 1.165) is 24.5 Å². The van der Waals surface area contributed by atoms with Crippen molar-refractivity contribution < 1.29 is 9.18 Å². The number of pyridine rings is 1. The number of H-pyrrole nitrogens is 1. The standard InChI is InChI=1S/C20H19FN2O2/c1-3-6-13-7-4-5-8-17(13)23-20(25)16-11-22-18-12(2)9-14(21)10-15(18)19(16)24/h4-5,7-11H,3,6H2,1-2H3,(H,22,24)(H,23,25). The predicted octanol–water partition coefficient (Wildman–Crippen LogP) is 4.18. The van der Waals surface area contributed by atoms with Crippen molar-refractivity contribution in [3.8, 4) is 0 Å². The van der Waals surface area contributed by atoms with Crippen molar-refractivity contribution in [2.45, 2.75) is 26.7 Å². The van der Waals surface area contributed by atoms with Gasteiger partial charge in [-0.1, -0.05) is 31.5 Å². The molecule has 128 valence electrons. The zero-order chi connectivity index (χ0) is 18.0. The number of amides is 1. The van der Waals surface area contributed by atoms with Crippen LogP contribution in [-0.2, 0) is 6.42 Å². The second-order valence-electron chi connectivity index (χ2n) is 6.04. The number of rotatable bonds is 4. The van der Waals surface area contributed by atoms with Crippen LogP contribution in [0.1, 0.15) is 34.8 Å². The number of nitrogens with one attached hydrogen (secondary N) is 2. The average molecular weight is 338 g/mol. The predicted molar refractivity (Wildman–Crippen MR) is 97.7 cm³/mol. The summed E-state index contributed by atoms with van der Waals surface area (Å²) in [6.45, 7) is 3.77. The lowest BCUT2D eigenvalue weighted by atomic mass is 10.1. The molecule has 0 aliphatic heterocycles.